The molecule has 0 bridgehead atoms. The largest absolute Gasteiger partial charge is 0.326 e. The van der Waals surface area contributed by atoms with Crippen LogP contribution in [0.2, 0.25) is 5.15 Å². The van der Waals surface area contributed by atoms with Crippen LogP contribution in [0, 0.1) is 0 Å². The molecule has 0 saturated carbocycles. The van der Waals surface area contributed by atoms with Crippen molar-refractivity contribution in [3.8, 4) is 0 Å². The highest BCUT2D eigenvalue weighted by atomic mass is 35.5. The van der Waals surface area contributed by atoms with E-state index in [1.165, 1.54) is 0 Å². The fourth-order valence-electron chi connectivity index (χ4n) is 3.34. The molecule has 118 valence electrons. The molecule has 1 aliphatic heterocycles. The van der Waals surface area contributed by atoms with Gasteiger partial charge in [-0.1, -0.05) is 18.5 Å². The molecule has 2 aromatic heterocycles. The fourth-order valence-corrected chi connectivity index (χ4v) is 3.62. The van der Waals surface area contributed by atoms with Crippen molar-refractivity contribution in [2.24, 2.45) is 7.05 Å². The van der Waals surface area contributed by atoms with E-state index in [1.54, 1.807) is 10.9 Å². The molecule has 2 N–H and O–H groups in total. The average Bonchev–Trinajstić information content (AvgIpc) is 3.09. The molecule has 3 heterocycles. The van der Waals surface area contributed by atoms with Crippen molar-refractivity contribution in [2.75, 3.05) is 5.32 Å². The van der Waals surface area contributed by atoms with E-state index >= 15 is 0 Å². The van der Waals surface area contributed by atoms with Crippen molar-refractivity contribution < 1.29 is 4.79 Å². The Hall–Kier alpha value is -2.34. The number of aromatic nitrogens is 4. The lowest BCUT2D eigenvalue weighted by Crippen LogP contribution is -2.24. The normalized spacial score (nSPS) is 17.3. The summed E-state index contributed by atoms with van der Waals surface area (Å²) in [4.78, 5) is 12.2. The molecule has 0 unspecified atom stereocenters. The number of anilines is 1. The zero-order valence-electron chi connectivity index (χ0n) is 12.9. The van der Waals surface area contributed by atoms with Crippen molar-refractivity contribution in [3.05, 3.63) is 40.3 Å². The van der Waals surface area contributed by atoms with Crippen molar-refractivity contribution in [1.29, 1.82) is 0 Å². The molecule has 1 aromatic carbocycles. The van der Waals surface area contributed by atoms with Crippen LogP contribution in [0.3, 0.4) is 0 Å². The van der Waals surface area contributed by atoms with Crippen LogP contribution in [0.1, 0.15) is 36.1 Å². The van der Waals surface area contributed by atoms with Crippen LogP contribution in [0.15, 0.2) is 18.3 Å². The molecule has 1 amide bonds. The van der Waals surface area contributed by atoms with Gasteiger partial charge in [-0.3, -0.25) is 14.6 Å². The topological polar surface area (TPSA) is 75.6 Å². The van der Waals surface area contributed by atoms with E-state index in [-0.39, 0.29) is 11.8 Å². The van der Waals surface area contributed by atoms with Crippen LogP contribution in [-0.2, 0) is 18.3 Å². The van der Waals surface area contributed by atoms with Gasteiger partial charge in [-0.15, -0.1) is 0 Å². The fraction of sp³-hybridized carbons (Fsp3) is 0.312. The Labute approximate surface area is 137 Å². The van der Waals surface area contributed by atoms with Crippen LogP contribution in [-0.4, -0.2) is 25.9 Å². The average molecular weight is 330 g/mol. The van der Waals surface area contributed by atoms with Crippen LogP contribution in [0.5, 0.6) is 0 Å². The molecule has 0 spiro atoms. The predicted molar refractivity (Wildman–Crippen MR) is 88.8 cm³/mol. The molecule has 7 heteroatoms. The van der Waals surface area contributed by atoms with Gasteiger partial charge >= 0.3 is 0 Å². The number of hydrogen-bond donors (Lipinski definition) is 2. The van der Waals surface area contributed by atoms with Gasteiger partial charge in [-0.25, -0.2) is 0 Å². The van der Waals surface area contributed by atoms with Gasteiger partial charge in [0, 0.05) is 36.0 Å². The first-order valence-corrected chi connectivity index (χ1v) is 7.94. The minimum absolute atomic E-state index is 0.0108. The third-order valence-corrected chi connectivity index (χ3v) is 4.87. The molecular weight excluding hydrogens is 314 g/mol. The first-order chi connectivity index (χ1) is 11.1. The second-order valence-electron chi connectivity index (χ2n) is 5.83. The number of benzene rings is 1. The van der Waals surface area contributed by atoms with Crippen molar-refractivity contribution in [2.45, 2.75) is 25.7 Å². The summed E-state index contributed by atoms with van der Waals surface area (Å²) in [6, 6.07) is 4.00. The molecule has 0 fully saturated rings. The molecule has 3 aromatic rings. The lowest BCUT2D eigenvalue weighted by atomic mass is 9.84. The predicted octanol–water partition coefficient (Wildman–Crippen LogP) is 2.99. The number of H-pyrrole nitrogens is 1. The Morgan fingerprint density at radius 2 is 2.26 bits per heavy atom. The lowest BCUT2D eigenvalue weighted by Gasteiger charge is -2.26. The third kappa shape index (κ3) is 2.13. The van der Waals surface area contributed by atoms with Gasteiger partial charge in [0.05, 0.1) is 17.4 Å². The maximum Gasteiger partial charge on any atom is 0.225 e. The highest BCUT2D eigenvalue weighted by molar-refractivity contribution is 6.30. The Kier molecular flexibility index (Phi) is 3.16. The molecule has 4 rings (SSSR count). The number of nitrogens with zero attached hydrogens (tertiary/aromatic N) is 3. The van der Waals surface area contributed by atoms with Crippen LogP contribution < -0.4 is 5.32 Å². The Morgan fingerprint density at radius 3 is 3.04 bits per heavy atom. The first kappa shape index (κ1) is 14.3. The Balaban J connectivity index is 1.95. The zero-order valence-corrected chi connectivity index (χ0v) is 13.6. The summed E-state index contributed by atoms with van der Waals surface area (Å²) in [6.45, 7) is 2.05. The number of nitrogens with one attached hydrogen (secondary N) is 2. The summed E-state index contributed by atoms with van der Waals surface area (Å²) < 4.78 is 1.68. The van der Waals surface area contributed by atoms with E-state index in [0.717, 1.165) is 39.8 Å². The van der Waals surface area contributed by atoms with Gasteiger partial charge in [-0.05, 0) is 24.1 Å². The Morgan fingerprint density at radius 1 is 1.43 bits per heavy atom. The van der Waals surface area contributed by atoms with Gasteiger partial charge in [0.15, 0.2) is 0 Å². The second kappa shape index (κ2) is 5.09. The van der Waals surface area contributed by atoms with E-state index in [0.29, 0.717) is 11.6 Å². The van der Waals surface area contributed by atoms with E-state index in [9.17, 15) is 4.79 Å². The standard InChI is InChI=1S/C16H16ClN5O/c1-3-11-15(16(17)22(2)21-11)10-5-14(23)19-13-6-12-8(4-9(10)13)7-18-20-12/h4,6-7,10H,3,5H2,1-2H3,(H,18,20)(H,19,23)/t10-/m0/s1. The maximum absolute atomic E-state index is 12.2. The number of aromatic amines is 1. The third-order valence-electron chi connectivity index (χ3n) is 4.42. The molecular formula is C16H16ClN5O. The number of amides is 1. The zero-order chi connectivity index (χ0) is 16.1. The number of rotatable bonds is 2. The second-order valence-corrected chi connectivity index (χ2v) is 6.19. The number of aryl methyl sites for hydroxylation is 2. The number of carbonyl (C=O) groups excluding carboxylic acids is 1. The number of carbonyl (C=O) groups is 1. The van der Waals surface area contributed by atoms with Gasteiger partial charge in [0.25, 0.3) is 0 Å². The highest BCUT2D eigenvalue weighted by Gasteiger charge is 2.32. The summed E-state index contributed by atoms with van der Waals surface area (Å²) in [5, 5.41) is 16.0. The van der Waals surface area contributed by atoms with E-state index < -0.39 is 0 Å². The van der Waals surface area contributed by atoms with Gasteiger partial charge < -0.3 is 5.32 Å². The van der Waals surface area contributed by atoms with E-state index in [1.807, 2.05) is 20.0 Å². The van der Waals surface area contributed by atoms with Crippen LogP contribution in [0.4, 0.5) is 5.69 Å². The van der Waals surface area contributed by atoms with E-state index in [4.69, 9.17) is 11.6 Å². The highest BCUT2D eigenvalue weighted by Crippen LogP contribution is 2.42. The van der Waals surface area contributed by atoms with E-state index in [2.05, 4.69) is 26.7 Å². The monoisotopic (exact) mass is 329 g/mol. The van der Waals surface area contributed by atoms with Crippen LogP contribution in [0.25, 0.3) is 10.9 Å². The SMILES string of the molecule is CCc1nn(C)c(Cl)c1[C@H]1CC(=O)Nc2cc3[nH]ncc3cc21. The van der Waals surface area contributed by atoms with Crippen LogP contribution >= 0.6 is 11.6 Å². The molecule has 0 aliphatic carbocycles. The first-order valence-electron chi connectivity index (χ1n) is 7.56. The molecule has 1 atom stereocenters. The lowest BCUT2D eigenvalue weighted by molar-refractivity contribution is -0.116. The molecule has 0 saturated heterocycles. The minimum atomic E-state index is -0.0887. The Bertz CT molecular complexity index is 926. The number of fused-ring (bicyclic) bond motifs is 2. The van der Waals surface area contributed by atoms with Gasteiger partial charge in [-0.2, -0.15) is 10.2 Å². The van der Waals surface area contributed by atoms with Gasteiger partial charge in [0.1, 0.15) is 5.15 Å². The molecule has 6 nitrogen and oxygen atoms in total. The summed E-state index contributed by atoms with van der Waals surface area (Å²) in [7, 11) is 1.83. The summed E-state index contributed by atoms with van der Waals surface area (Å²) in [5.41, 5.74) is 4.66. The smallest absolute Gasteiger partial charge is 0.225 e. The van der Waals surface area contributed by atoms with Gasteiger partial charge in [0.2, 0.25) is 5.91 Å². The summed E-state index contributed by atoms with van der Waals surface area (Å²) in [6.07, 6.45) is 2.93. The van der Waals surface area contributed by atoms with Crippen molar-refractivity contribution in [1.82, 2.24) is 20.0 Å². The summed E-state index contributed by atoms with van der Waals surface area (Å²) in [5.74, 6) is -0.0995. The number of halogens is 1. The molecule has 1 aliphatic rings. The molecule has 0 radical (unpaired) electrons. The quantitative estimate of drug-likeness (QED) is 0.759. The minimum Gasteiger partial charge on any atom is -0.326 e. The van der Waals surface area contributed by atoms with Crippen molar-refractivity contribution in [3.63, 3.8) is 0 Å². The van der Waals surface area contributed by atoms with Crippen molar-refractivity contribution >= 4 is 34.1 Å². The number of hydrogen-bond acceptors (Lipinski definition) is 3. The molecule has 23 heavy (non-hydrogen) atoms. The maximum atomic E-state index is 12.2. The summed E-state index contributed by atoms with van der Waals surface area (Å²) >= 11 is 6.49.